The van der Waals surface area contributed by atoms with Crippen molar-refractivity contribution >= 4 is 5.91 Å². The number of ether oxygens (including phenoxy) is 1. The third-order valence-corrected chi connectivity index (χ3v) is 6.20. The van der Waals surface area contributed by atoms with Crippen molar-refractivity contribution in [3.63, 3.8) is 0 Å². The Balaban J connectivity index is 1.76. The summed E-state index contributed by atoms with van der Waals surface area (Å²) in [4.78, 5) is 17.0. The van der Waals surface area contributed by atoms with Crippen molar-refractivity contribution in [2.75, 3.05) is 26.7 Å². The van der Waals surface area contributed by atoms with Crippen molar-refractivity contribution in [2.24, 2.45) is 5.92 Å². The molecule has 0 bridgehead atoms. The minimum absolute atomic E-state index is 0.0511. The van der Waals surface area contributed by atoms with Gasteiger partial charge in [-0.1, -0.05) is 42.0 Å². The van der Waals surface area contributed by atoms with Gasteiger partial charge in [-0.25, -0.2) is 4.68 Å². The van der Waals surface area contributed by atoms with Crippen LogP contribution in [-0.2, 0) is 29.2 Å². The fourth-order valence-corrected chi connectivity index (χ4v) is 4.12. The van der Waals surface area contributed by atoms with Crippen molar-refractivity contribution in [3.05, 3.63) is 47.3 Å². The van der Waals surface area contributed by atoms with E-state index in [9.17, 15) is 9.90 Å². The lowest BCUT2D eigenvalue weighted by molar-refractivity contribution is -0.136. The number of aliphatic hydroxyl groups excluding tert-OH is 1. The number of fused-ring (bicyclic) bond motifs is 1. The number of hydrogen-bond acceptors (Lipinski definition) is 6. The van der Waals surface area contributed by atoms with Crippen LogP contribution in [0, 0.1) is 12.8 Å². The molecule has 0 aliphatic carbocycles. The summed E-state index contributed by atoms with van der Waals surface area (Å²) in [7, 11) is 2.09. The quantitative estimate of drug-likeness (QED) is 0.737. The molecule has 1 aromatic heterocycles. The van der Waals surface area contributed by atoms with Gasteiger partial charge in [-0.05, 0) is 32.9 Å². The van der Waals surface area contributed by atoms with Crippen LogP contribution in [0.5, 0.6) is 0 Å². The zero-order chi connectivity index (χ0) is 23.1. The molecule has 2 heterocycles. The first-order valence-corrected chi connectivity index (χ1v) is 11.5. The molecule has 0 unspecified atom stereocenters. The molecule has 0 saturated carbocycles. The van der Waals surface area contributed by atoms with Crippen molar-refractivity contribution in [1.29, 1.82) is 0 Å². The zero-order valence-corrected chi connectivity index (χ0v) is 19.8. The molecule has 3 atom stereocenters. The van der Waals surface area contributed by atoms with E-state index in [1.54, 1.807) is 6.20 Å². The van der Waals surface area contributed by atoms with Crippen LogP contribution in [0.2, 0.25) is 0 Å². The van der Waals surface area contributed by atoms with Crippen molar-refractivity contribution in [2.45, 2.75) is 65.5 Å². The number of benzene rings is 1. The second-order valence-electron chi connectivity index (χ2n) is 9.14. The monoisotopic (exact) mass is 443 g/mol. The van der Waals surface area contributed by atoms with Crippen LogP contribution in [0.25, 0.3) is 0 Å². The number of amides is 1. The Morgan fingerprint density at radius 3 is 2.78 bits per heavy atom. The van der Waals surface area contributed by atoms with Gasteiger partial charge < -0.3 is 14.7 Å². The molecule has 2 aromatic rings. The molecular formula is C24H37N5O3. The standard InChI is InChI=1S/C24H37N5O3/c1-18-7-9-21(10-8-18)14-27(4)15-23-19(2)13-28(20(3)16-30)24(31)6-5-11-29-22(17-32-23)12-25-26-29/h7-10,12,19-20,23,30H,5-6,11,13-17H2,1-4H3/t19-,20+,23+/m1/s1. The Morgan fingerprint density at radius 1 is 1.31 bits per heavy atom. The summed E-state index contributed by atoms with van der Waals surface area (Å²) in [5.74, 6) is 0.157. The molecule has 0 fully saturated rings. The van der Waals surface area contributed by atoms with Gasteiger partial charge in [0.2, 0.25) is 5.91 Å². The van der Waals surface area contributed by atoms with E-state index in [2.05, 4.69) is 60.4 Å². The number of carbonyl (C=O) groups excluding carboxylic acids is 1. The average molecular weight is 444 g/mol. The molecule has 3 rings (SSSR count). The van der Waals surface area contributed by atoms with Gasteiger partial charge in [0.25, 0.3) is 0 Å². The lowest BCUT2D eigenvalue weighted by Gasteiger charge is -2.35. The Kier molecular flexibility index (Phi) is 8.78. The van der Waals surface area contributed by atoms with Gasteiger partial charge in [0, 0.05) is 38.5 Å². The number of carbonyl (C=O) groups is 1. The van der Waals surface area contributed by atoms with Crippen LogP contribution in [0.3, 0.4) is 0 Å². The molecule has 8 nitrogen and oxygen atoms in total. The highest BCUT2D eigenvalue weighted by atomic mass is 16.5. The van der Waals surface area contributed by atoms with Gasteiger partial charge in [-0.3, -0.25) is 9.69 Å². The summed E-state index contributed by atoms with van der Waals surface area (Å²) in [5, 5.41) is 17.9. The summed E-state index contributed by atoms with van der Waals surface area (Å²) in [6.45, 7) is 9.22. The van der Waals surface area contributed by atoms with Crippen LogP contribution in [-0.4, -0.2) is 74.7 Å². The number of rotatable bonds is 6. The summed E-state index contributed by atoms with van der Waals surface area (Å²) in [6.07, 6.45) is 2.76. The van der Waals surface area contributed by atoms with E-state index in [-0.39, 0.29) is 30.6 Å². The SMILES string of the molecule is Cc1ccc(CN(C)C[C@@H]2OCc3cnnn3CCCC(=O)N([C@@H](C)CO)C[C@H]2C)cc1. The summed E-state index contributed by atoms with van der Waals surface area (Å²) in [6, 6.07) is 8.36. The Bertz CT molecular complexity index is 854. The maximum absolute atomic E-state index is 12.9. The lowest BCUT2D eigenvalue weighted by atomic mass is 10.0. The van der Waals surface area contributed by atoms with E-state index in [1.165, 1.54) is 11.1 Å². The number of hydrogen-bond donors (Lipinski definition) is 1. The van der Waals surface area contributed by atoms with Gasteiger partial charge in [0.05, 0.1) is 37.3 Å². The van der Waals surface area contributed by atoms with Gasteiger partial charge in [0.1, 0.15) is 0 Å². The third kappa shape index (κ3) is 6.60. The molecule has 0 radical (unpaired) electrons. The fraction of sp³-hybridized carbons (Fsp3) is 0.625. The number of aliphatic hydroxyl groups is 1. The van der Waals surface area contributed by atoms with Crippen LogP contribution < -0.4 is 0 Å². The van der Waals surface area contributed by atoms with Crippen molar-refractivity contribution in [3.8, 4) is 0 Å². The van der Waals surface area contributed by atoms with Crippen molar-refractivity contribution in [1.82, 2.24) is 24.8 Å². The summed E-state index contributed by atoms with van der Waals surface area (Å²) in [5.41, 5.74) is 3.43. The van der Waals surface area contributed by atoms with E-state index in [0.29, 0.717) is 32.5 Å². The second-order valence-corrected chi connectivity index (χ2v) is 9.14. The summed E-state index contributed by atoms with van der Waals surface area (Å²) < 4.78 is 8.22. The van der Waals surface area contributed by atoms with E-state index in [0.717, 1.165) is 18.8 Å². The molecule has 1 aliphatic heterocycles. The molecular weight excluding hydrogens is 406 g/mol. The predicted molar refractivity (Wildman–Crippen MR) is 123 cm³/mol. The normalized spacial score (nSPS) is 21.7. The largest absolute Gasteiger partial charge is 0.394 e. The number of aryl methyl sites for hydroxylation is 2. The molecule has 0 saturated heterocycles. The second kappa shape index (κ2) is 11.5. The van der Waals surface area contributed by atoms with Crippen LogP contribution in [0.1, 0.15) is 43.5 Å². The maximum Gasteiger partial charge on any atom is 0.222 e. The van der Waals surface area contributed by atoms with E-state index in [4.69, 9.17) is 4.74 Å². The molecule has 176 valence electrons. The molecule has 8 heteroatoms. The molecule has 1 aliphatic rings. The molecule has 1 aromatic carbocycles. The zero-order valence-electron chi connectivity index (χ0n) is 19.8. The lowest BCUT2D eigenvalue weighted by Crippen LogP contribution is -2.47. The van der Waals surface area contributed by atoms with E-state index >= 15 is 0 Å². The van der Waals surface area contributed by atoms with Gasteiger partial charge >= 0.3 is 0 Å². The number of nitrogens with zero attached hydrogens (tertiary/aromatic N) is 5. The first kappa shape index (κ1) is 24.4. The minimum atomic E-state index is -0.222. The molecule has 1 N–H and O–H groups in total. The highest BCUT2D eigenvalue weighted by Crippen LogP contribution is 2.19. The Labute approximate surface area is 191 Å². The first-order valence-electron chi connectivity index (χ1n) is 11.5. The van der Waals surface area contributed by atoms with E-state index in [1.807, 2.05) is 16.5 Å². The highest BCUT2D eigenvalue weighted by molar-refractivity contribution is 5.76. The van der Waals surface area contributed by atoms with Gasteiger partial charge in [-0.15, -0.1) is 5.10 Å². The highest BCUT2D eigenvalue weighted by Gasteiger charge is 2.28. The van der Waals surface area contributed by atoms with Gasteiger partial charge in [0.15, 0.2) is 0 Å². The maximum atomic E-state index is 12.9. The smallest absolute Gasteiger partial charge is 0.222 e. The Morgan fingerprint density at radius 2 is 2.06 bits per heavy atom. The third-order valence-electron chi connectivity index (χ3n) is 6.20. The number of aromatic nitrogens is 3. The van der Waals surface area contributed by atoms with Crippen molar-refractivity contribution < 1.29 is 14.6 Å². The number of likely N-dealkylation sites (N-methyl/N-ethyl adjacent to an activating group) is 1. The molecule has 0 spiro atoms. The topological polar surface area (TPSA) is 83.7 Å². The minimum Gasteiger partial charge on any atom is -0.394 e. The van der Waals surface area contributed by atoms with Crippen LogP contribution in [0.4, 0.5) is 0 Å². The Hall–Kier alpha value is -2.29. The first-order chi connectivity index (χ1) is 15.4. The van der Waals surface area contributed by atoms with Crippen LogP contribution >= 0.6 is 0 Å². The average Bonchev–Trinajstić information content (AvgIpc) is 3.22. The van der Waals surface area contributed by atoms with E-state index < -0.39 is 0 Å². The van der Waals surface area contributed by atoms with Gasteiger partial charge in [-0.2, -0.15) is 0 Å². The van der Waals surface area contributed by atoms with Crippen LogP contribution in [0.15, 0.2) is 30.5 Å². The fourth-order valence-electron chi connectivity index (χ4n) is 4.12. The molecule has 32 heavy (non-hydrogen) atoms. The predicted octanol–water partition coefficient (Wildman–Crippen LogP) is 2.24. The summed E-state index contributed by atoms with van der Waals surface area (Å²) >= 11 is 0. The molecule has 1 amide bonds.